The first-order chi connectivity index (χ1) is 10.2. The Hall–Kier alpha value is -1.32. The summed E-state index contributed by atoms with van der Waals surface area (Å²) < 4.78 is 10.0. The van der Waals surface area contributed by atoms with Crippen molar-refractivity contribution in [3.8, 4) is 0 Å². The molecule has 0 aliphatic heterocycles. The SMILES string of the molecule is CCCC/C=C/CCCOC(=O)CCC(=O)OCCCC. The molecule has 0 aliphatic rings. The van der Waals surface area contributed by atoms with E-state index in [1.165, 1.54) is 12.8 Å². The van der Waals surface area contributed by atoms with Gasteiger partial charge in [0, 0.05) is 0 Å². The minimum Gasteiger partial charge on any atom is -0.466 e. The maximum absolute atomic E-state index is 11.4. The summed E-state index contributed by atoms with van der Waals surface area (Å²) in [5.41, 5.74) is 0. The number of allylic oxidation sites excluding steroid dienone is 2. The molecule has 0 aromatic carbocycles. The third-order valence-corrected chi connectivity index (χ3v) is 2.96. The molecule has 0 bridgehead atoms. The van der Waals surface area contributed by atoms with Gasteiger partial charge in [0.25, 0.3) is 0 Å². The fourth-order valence-corrected chi connectivity index (χ4v) is 1.62. The van der Waals surface area contributed by atoms with Crippen molar-refractivity contribution in [1.82, 2.24) is 0 Å². The molecule has 4 nitrogen and oxygen atoms in total. The lowest BCUT2D eigenvalue weighted by Crippen LogP contribution is -2.11. The maximum Gasteiger partial charge on any atom is 0.306 e. The maximum atomic E-state index is 11.4. The summed E-state index contributed by atoms with van der Waals surface area (Å²) in [6.07, 6.45) is 11.7. The summed E-state index contributed by atoms with van der Waals surface area (Å²) in [7, 11) is 0. The smallest absolute Gasteiger partial charge is 0.306 e. The van der Waals surface area contributed by atoms with Crippen molar-refractivity contribution in [2.75, 3.05) is 13.2 Å². The molecule has 0 heterocycles. The normalized spacial score (nSPS) is 10.8. The van der Waals surface area contributed by atoms with Crippen LogP contribution in [0.25, 0.3) is 0 Å². The second-order valence-corrected chi connectivity index (χ2v) is 5.05. The van der Waals surface area contributed by atoms with Gasteiger partial charge in [-0.15, -0.1) is 0 Å². The molecule has 21 heavy (non-hydrogen) atoms. The molecule has 122 valence electrons. The number of unbranched alkanes of at least 4 members (excludes halogenated alkanes) is 4. The number of esters is 2. The predicted octanol–water partition coefficient (Wildman–Crippen LogP) is 4.18. The number of carbonyl (C=O) groups excluding carboxylic acids is 2. The standard InChI is InChI=1S/C17H30O4/c1-3-5-7-8-9-10-11-15-21-17(19)13-12-16(18)20-14-6-4-2/h8-9H,3-7,10-15H2,1-2H3/b9-8+. The molecule has 0 N–H and O–H groups in total. The first kappa shape index (κ1) is 19.7. The molecule has 0 saturated carbocycles. The molecule has 0 unspecified atom stereocenters. The quantitative estimate of drug-likeness (QED) is 0.291. The summed E-state index contributed by atoms with van der Waals surface area (Å²) in [6, 6.07) is 0. The summed E-state index contributed by atoms with van der Waals surface area (Å²) in [5, 5.41) is 0. The number of hydrogen-bond donors (Lipinski definition) is 0. The molecule has 0 radical (unpaired) electrons. The molecule has 0 aromatic rings. The van der Waals surface area contributed by atoms with Crippen molar-refractivity contribution >= 4 is 11.9 Å². The molecule has 0 aliphatic carbocycles. The Labute approximate surface area is 128 Å². The fourth-order valence-electron chi connectivity index (χ4n) is 1.62. The topological polar surface area (TPSA) is 52.6 Å². The fraction of sp³-hybridized carbons (Fsp3) is 0.765. The highest BCUT2D eigenvalue weighted by molar-refractivity contribution is 5.77. The highest BCUT2D eigenvalue weighted by Gasteiger charge is 2.08. The van der Waals surface area contributed by atoms with E-state index < -0.39 is 0 Å². The van der Waals surface area contributed by atoms with Crippen molar-refractivity contribution in [3.63, 3.8) is 0 Å². The van der Waals surface area contributed by atoms with E-state index in [2.05, 4.69) is 19.1 Å². The van der Waals surface area contributed by atoms with Crippen molar-refractivity contribution in [1.29, 1.82) is 0 Å². The van der Waals surface area contributed by atoms with Crippen LogP contribution in [0.4, 0.5) is 0 Å². The number of hydrogen-bond acceptors (Lipinski definition) is 4. The molecule has 0 atom stereocenters. The first-order valence-electron chi connectivity index (χ1n) is 8.16. The minimum absolute atomic E-state index is 0.108. The Kier molecular flexibility index (Phi) is 14.1. The van der Waals surface area contributed by atoms with Gasteiger partial charge >= 0.3 is 11.9 Å². The lowest BCUT2D eigenvalue weighted by Gasteiger charge is -2.05. The molecular formula is C17H30O4. The lowest BCUT2D eigenvalue weighted by atomic mass is 10.2. The van der Waals surface area contributed by atoms with E-state index in [4.69, 9.17) is 9.47 Å². The molecule has 0 aromatic heterocycles. The van der Waals surface area contributed by atoms with E-state index in [1.807, 2.05) is 6.92 Å². The van der Waals surface area contributed by atoms with Crippen LogP contribution < -0.4 is 0 Å². The first-order valence-corrected chi connectivity index (χ1v) is 8.16. The van der Waals surface area contributed by atoms with Crippen LogP contribution in [0.1, 0.15) is 71.6 Å². The van der Waals surface area contributed by atoms with Crippen molar-refractivity contribution < 1.29 is 19.1 Å². The second kappa shape index (κ2) is 15.1. The van der Waals surface area contributed by atoms with Crippen LogP contribution in [0.5, 0.6) is 0 Å². The minimum atomic E-state index is -0.322. The zero-order valence-electron chi connectivity index (χ0n) is 13.6. The van der Waals surface area contributed by atoms with Crippen molar-refractivity contribution in [2.24, 2.45) is 0 Å². The summed E-state index contributed by atoms with van der Waals surface area (Å²) in [6.45, 7) is 5.06. The number of carbonyl (C=O) groups is 2. The van der Waals surface area contributed by atoms with E-state index in [0.717, 1.165) is 32.1 Å². The van der Waals surface area contributed by atoms with Gasteiger partial charge in [-0.1, -0.05) is 45.3 Å². The lowest BCUT2D eigenvalue weighted by molar-refractivity contribution is -0.150. The van der Waals surface area contributed by atoms with Gasteiger partial charge in [-0.05, 0) is 25.7 Å². The Balaban J connectivity index is 3.41. The van der Waals surface area contributed by atoms with E-state index in [-0.39, 0.29) is 24.8 Å². The zero-order valence-corrected chi connectivity index (χ0v) is 13.6. The number of ether oxygens (including phenoxy) is 2. The average molecular weight is 298 g/mol. The van der Waals surface area contributed by atoms with Gasteiger partial charge in [0.1, 0.15) is 0 Å². The average Bonchev–Trinajstić information content (AvgIpc) is 2.48. The van der Waals surface area contributed by atoms with Gasteiger partial charge in [-0.2, -0.15) is 0 Å². The molecule has 0 fully saturated rings. The van der Waals surface area contributed by atoms with Gasteiger partial charge < -0.3 is 9.47 Å². The van der Waals surface area contributed by atoms with Crippen molar-refractivity contribution in [2.45, 2.75) is 71.6 Å². The van der Waals surface area contributed by atoms with E-state index in [1.54, 1.807) is 0 Å². The Morgan fingerprint density at radius 2 is 1.24 bits per heavy atom. The van der Waals surface area contributed by atoms with Crippen LogP contribution in [-0.2, 0) is 19.1 Å². The van der Waals surface area contributed by atoms with Gasteiger partial charge in [0.05, 0.1) is 26.1 Å². The highest BCUT2D eigenvalue weighted by Crippen LogP contribution is 2.01. The molecular weight excluding hydrogens is 268 g/mol. The van der Waals surface area contributed by atoms with Gasteiger partial charge in [0.2, 0.25) is 0 Å². The Bertz CT molecular complexity index is 297. The largest absolute Gasteiger partial charge is 0.466 e. The van der Waals surface area contributed by atoms with E-state index in [0.29, 0.717) is 13.2 Å². The summed E-state index contributed by atoms with van der Waals surface area (Å²) in [4.78, 5) is 22.7. The van der Waals surface area contributed by atoms with Gasteiger partial charge in [-0.25, -0.2) is 0 Å². The van der Waals surface area contributed by atoms with Crippen LogP contribution in [0.3, 0.4) is 0 Å². The molecule has 0 spiro atoms. The van der Waals surface area contributed by atoms with E-state index in [9.17, 15) is 9.59 Å². The Morgan fingerprint density at radius 1 is 0.762 bits per heavy atom. The summed E-state index contributed by atoms with van der Waals surface area (Å²) >= 11 is 0. The highest BCUT2D eigenvalue weighted by atomic mass is 16.5. The van der Waals surface area contributed by atoms with Crippen LogP contribution in [0.2, 0.25) is 0 Å². The van der Waals surface area contributed by atoms with Crippen LogP contribution in [0.15, 0.2) is 12.2 Å². The number of rotatable bonds is 13. The van der Waals surface area contributed by atoms with Crippen LogP contribution in [0, 0.1) is 0 Å². The molecule has 4 heteroatoms. The Morgan fingerprint density at radius 3 is 1.76 bits per heavy atom. The zero-order chi connectivity index (χ0) is 15.8. The van der Waals surface area contributed by atoms with Gasteiger partial charge in [0.15, 0.2) is 0 Å². The van der Waals surface area contributed by atoms with Gasteiger partial charge in [-0.3, -0.25) is 9.59 Å². The summed E-state index contributed by atoms with van der Waals surface area (Å²) in [5.74, 6) is -0.642. The van der Waals surface area contributed by atoms with Crippen LogP contribution >= 0.6 is 0 Å². The molecule has 0 rings (SSSR count). The predicted molar refractivity (Wildman–Crippen MR) is 84.0 cm³/mol. The molecule has 0 amide bonds. The van der Waals surface area contributed by atoms with Crippen LogP contribution in [-0.4, -0.2) is 25.2 Å². The second-order valence-electron chi connectivity index (χ2n) is 5.05. The molecule has 0 saturated heterocycles. The van der Waals surface area contributed by atoms with Crippen molar-refractivity contribution in [3.05, 3.63) is 12.2 Å². The third kappa shape index (κ3) is 14.9. The van der Waals surface area contributed by atoms with E-state index >= 15 is 0 Å². The monoisotopic (exact) mass is 298 g/mol. The third-order valence-electron chi connectivity index (χ3n) is 2.96.